The molecule has 0 aromatic carbocycles. The van der Waals surface area contributed by atoms with Crippen LogP contribution in [0.1, 0.15) is 59.3 Å². The minimum atomic E-state index is 0.286. The highest BCUT2D eigenvalue weighted by Crippen LogP contribution is 2.30. The van der Waals surface area contributed by atoms with Crippen LogP contribution in [0.15, 0.2) is 17.8 Å². The third-order valence-electron chi connectivity index (χ3n) is 3.16. The number of rotatable bonds is 5. The zero-order chi connectivity index (χ0) is 12.7. The second-order valence-corrected chi connectivity index (χ2v) is 6.24. The van der Waals surface area contributed by atoms with Gasteiger partial charge in [0.15, 0.2) is 0 Å². The number of nitrogens with zero attached hydrogens (tertiary/aromatic N) is 1. The van der Waals surface area contributed by atoms with Gasteiger partial charge in [0.05, 0.1) is 5.71 Å². The maximum atomic E-state index is 5.31. The van der Waals surface area contributed by atoms with Crippen molar-refractivity contribution in [1.82, 2.24) is 0 Å². The Balaban J connectivity index is 2.62. The summed E-state index contributed by atoms with van der Waals surface area (Å²) in [6, 6.07) is 0. The van der Waals surface area contributed by atoms with Crippen LogP contribution in [0.2, 0.25) is 0 Å². The molecule has 0 aliphatic heterocycles. The van der Waals surface area contributed by atoms with E-state index in [0.29, 0.717) is 12.5 Å². The second kappa shape index (κ2) is 6.83. The van der Waals surface area contributed by atoms with E-state index >= 15 is 0 Å². The average molecular weight is 237 g/mol. The summed E-state index contributed by atoms with van der Waals surface area (Å²) in [5, 5.41) is 4.37. The molecule has 0 radical (unpaired) electrons. The zero-order valence-corrected chi connectivity index (χ0v) is 11.7. The molecule has 0 spiro atoms. The van der Waals surface area contributed by atoms with Gasteiger partial charge in [-0.25, -0.2) is 0 Å². The van der Waals surface area contributed by atoms with Gasteiger partial charge in [0.2, 0.25) is 0 Å². The first-order valence-corrected chi connectivity index (χ1v) is 6.82. The molecule has 0 heterocycles. The van der Waals surface area contributed by atoms with Gasteiger partial charge < -0.3 is 4.84 Å². The van der Waals surface area contributed by atoms with E-state index in [2.05, 4.69) is 32.5 Å². The first-order valence-electron chi connectivity index (χ1n) is 6.82. The molecule has 0 aromatic heterocycles. The summed E-state index contributed by atoms with van der Waals surface area (Å²) in [6.07, 6.45) is 9.42. The average Bonchev–Trinajstić information content (AvgIpc) is 2.28. The Bertz CT molecular complexity index is 257. The van der Waals surface area contributed by atoms with Crippen molar-refractivity contribution in [3.05, 3.63) is 12.7 Å². The number of hydrogen-bond acceptors (Lipinski definition) is 2. The summed E-state index contributed by atoms with van der Waals surface area (Å²) in [7, 11) is 0. The molecule has 2 heteroatoms. The predicted octanol–water partition coefficient (Wildman–Crippen LogP) is 4.56. The molecule has 1 saturated carbocycles. The maximum absolute atomic E-state index is 5.31. The van der Waals surface area contributed by atoms with Crippen LogP contribution in [0.5, 0.6) is 0 Å². The van der Waals surface area contributed by atoms with Gasteiger partial charge in [-0.15, -0.1) is 0 Å². The molecular weight excluding hydrogens is 210 g/mol. The Labute approximate surface area is 106 Å². The molecule has 1 aliphatic carbocycles. The monoisotopic (exact) mass is 237 g/mol. The molecule has 0 bridgehead atoms. The van der Waals surface area contributed by atoms with Crippen molar-refractivity contribution < 1.29 is 4.84 Å². The Morgan fingerprint density at radius 2 is 1.94 bits per heavy atom. The lowest BCUT2D eigenvalue weighted by molar-refractivity contribution is 0.169. The summed E-state index contributed by atoms with van der Waals surface area (Å²) >= 11 is 0. The van der Waals surface area contributed by atoms with Crippen LogP contribution in [-0.4, -0.2) is 12.3 Å². The van der Waals surface area contributed by atoms with E-state index in [9.17, 15) is 0 Å². The largest absolute Gasteiger partial charge is 0.392 e. The van der Waals surface area contributed by atoms with E-state index in [4.69, 9.17) is 4.84 Å². The van der Waals surface area contributed by atoms with Gasteiger partial charge in [0.1, 0.15) is 6.61 Å². The normalized spacial score (nSPS) is 19.1. The van der Waals surface area contributed by atoms with E-state index < -0.39 is 0 Å². The summed E-state index contributed by atoms with van der Waals surface area (Å²) in [4.78, 5) is 5.31. The Morgan fingerprint density at radius 3 is 2.47 bits per heavy atom. The van der Waals surface area contributed by atoms with Gasteiger partial charge in [-0.2, -0.15) is 0 Å². The van der Waals surface area contributed by atoms with Crippen molar-refractivity contribution in [3.63, 3.8) is 0 Å². The van der Waals surface area contributed by atoms with Crippen molar-refractivity contribution >= 4 is 5.71 Å². The van der Waals surface area contributed by atoms with Crippen molar-refractivity contribution in [1.29, 1.82) is 0 Å². The Kier molecular flexibility index (Phi) is 5.73. The van der Waals surface area contributed by atoms with Gasteiger partial charge in [0, 0.05) is 5.92 Å². The Morgan fingerprint density at radius 1 is 1.29 bits per heavy atom. The molecule has 1 fully saturated rings. The fourth-order valence-corrected chi connectivity index (χ4v) is 2.40. The molecular formula is C15H27NO. The molecule has 0 aromatic rings. The van der Waals surface area contributed by atoms with Crippen LogP contribution in [0, 0.1) is 11.3 Å². The highest BCUT2D eigenvalue weighted by molar-refractivity contribution is 5.86. The third kappa shape index (κ3) is 5.90. The smallest absolute Gasteiger partial charge is 0.135 e. The summed E-state index contributed by atoms with van der Waals surface area (Å²) < 4.78 is 0. The van der Waals surface area contributed by atoms with Gasteiger partial charge in [0.25, 0.3) is 0 Å². The van der Waals surface area contributed by atoms with Crippen molar-refractivity contribution in [2.24, 2.45) is 16.5 Å². The highest BCUT2D eigenvalue weighted by Gasteiger charge is 2.24. The zero-order valence-electron chi connectivity index (χ0n) is 11.7. The second-order valence-electron chi connectivity index (χ2n) is 6.24. The van der Waals surface area contributed by atoms with Crippen LogP contribution in [0.3, 0.4) is 0 Å². The molecule has 1 aliphatic rings. The molecule has 0 unspecified atom stereocenters. The lowest BCUT2D eigenvalue weighted by atomic mass is 9.79. The molecule has 0 atom stereocenters. The van der Waals surface area contributed by atoms with E-state index in [1.165, 1.54) is 37.8 Å². The van der Waals surface area contributed by atoms with Crippen molar-refractivity contribution in [2.45, 2.75) is 59.3 Å². The minimum absolute atomic E-state index is 0.286. The molecule has 0 amide bonds. The fraction of sp³-hybridized carbons (Fsp3) is 0.800. The van der Waals surface area contributed by atoms with E-state index in [1.54, 1.807) is 6.08 Å². The van der Waals surface area contributed by atoms with Crippen LogP contribution in [-0.2, 0) is 4.84 Å². The quantitative estimate of drug-likeness (QED) is 0.297. The van der Waals surface area contributed by atoms with E-state index in [0.717, 1.165) is 6.42 Å². The van der Waals surface area contributed by atoms with Gasteiger partial charge >= 0.3 is 0 Å². The van der Waals surface area contributed by atoms with Gasteiger partial charge in [-0.1, -0.05) is 57.8 Å². The molecule has 2 nitrogen and oxygen atoms in total. The third-order valence-corrected chi connectivity index (χ3v) is 3.16. The number of hydrogen-bond donors (Lipinski definition) is 0. The van der Waals surface area contributed by atoms with Crippen molar-refractivity contribution in [3.8, 4) is 0 Å². The predicted molar refractivity (Wildman–Crippen MR) is 74.2 cm³/mol. The summed E-state index contributed by atoms with van der Waals surface area (Å²) in [5.74, 6) is 0.646. The minimum Gasteiger partial charge on any atom is -0.392 e. The lowest BCUT2D eigenvalue weighted by Crippen LogP contribution is -2.23. The summed E-state index contributed by atoms with van der Waals surface area (Å²) in [6.45, 7) is 11.0. The molecule has 17 heavy (non-hydrogen) atoms. The van der Waals surface area contributed by atoms with Crippen LogP contribution in [0.4, 0.5) is 0 Å². The topological polar surface area (TPSA) is 21.6 Å². The van der Waals surface area contributed by atoms with E-state index in [-0.39, 0.29) is 5.41 Å². The van der Waals surface area contributed by atoms with Crippen LogP contribution < -0.4 is 0 Å². The van der Waals surface area contributed by atoms with Gasteiger partial charge in [-0.3, -0.25) is 0 Å². The molecule has 0 saturated heterocycles. The van der Waals surface area contributed by atoms with Crippen molar-refractivity contribution in [2.75, 3.05) is 6.61 Å². The Hall–Kier alpha value is -0.790. The van der Waals surface area contributed by atoms with E-state index in [1.807, 2.05) is 0 Å². The standard InChI is InChI=1S/C15H27NO/c1-5-11-17-16-14(12-15(2,3)4)13-9-7-6-8-10-13/h5,13H,1,6-12H2,2-4H3. The highest BCUT2D eigenvalue weighted by atomic mass is 16.6. The van der Waals surface area contributed by atoms with Crippen LogP contribution in [0.25, 0.3) is 0 Å². The van der Waals surface area contributed by atoms with Gasteiger partial charge in [-0.05, 0) is 24.7 Å². The maximum Gasteiger partial charge on any atom is 0.135 e. The molecule has 98 valence electrons. The lowest BCUT2D eigenvalue weighted by Gasteiger charge is -2.27. The van der Waals surface area contributed by atoms with Crippen LogP contribution >= 0.6 is 0 Å². The fourth-order valence-electron chi connectivity index (χ4n) is 2.40. The molecule has 1 rings (SSSR count). The first kappa shape index (κ1) is 14.3. The first-order chi connectivity index (χ1) is 8.03. The SMILES string of the molecule is C=CCON=C(CC(C)(C)C)C1CCCCC1. The molecule has 0 N–H and O–H groups in total. The summed E-state index contributed by atoms with van der Waals surface area (Å²) in [5.41, 5.74) is 1.55. The number of oxime groups is 1.